The van der Waals surface area contributed by atoms with Gasteiger partial charge < -0.3 is 10.1 Å². The molecule has 2 heterocycles. The van der Waals surface area contributed by atoms with E-state index in [9.17, 15) is 9.59 Å². The lowest BCUT2D eigenvalue weighted by atomic mass is 9.97. The summed E-state index contributed by atoms with van der Waals surface area (Å²) in [4.78, 5) is 26.4. The van der Waals surface area contributed by atoms with Crippen molar-refractivity contribution in [1.82, 2.24) is 4.90 Å². The Morgan fingerprint density at radius 2 is 2.03 bits per heavy atom. The number of ether oxygens (including phenoxy) is 1. The number of hydrogen-bond donors (Lipinski definition) is 1. The summed E-state index contributed by atoms with van der Waals surface area (Å²) in [5.74, 6) is 1.08. The number of rotatable bonds is 6. The summed E-state index contributed by atoms with van der Waals surface area (Å²) in [5.41, 5.74) is 5.18. The molecule has 2 aliphatic rings. The van der Waals surface area contributed by atoms with E-state index in [0.717, 1.165) is 48.6 Å². The maximum atomic E-state index is 12.7. The molecule has 5 nitrogen and oxygen atoms in total. The lowest BCUT2D eigenvalue weighted by molar-refractivity contribution is -0.116. The minimum Gasteiger partial charge on any atom is -0.497 e. The van der Waals surface area contributed by atoms with Gasteiger partial charge in [0.25, 0.3) is 0 Å². The molecule has 0 aliphatic carbocycles. The van der Waals surface area contributed by atoms with Crippen molar-refractivity contribution in [2.75, 3.05) is 32.1 Å². The molecule has 1 N–H and O–H groups in total. The van der Waals surface area contributed by atoms with Crippen LogP contribution in [0.25, 0.3) is 5.57 Å². The minimum atomic E-state index is 0.0445. The monoisotopic (exact) mass is 390 g/mol. The van der Waals surface area contributed by atoms with Crippen molar-refractivity contribution in [3.05, 3.63) is 65.2 Å². The molecule has 0 saturated heterocycles. The Balaban J connectivity index is 1.32. The molecule has 2 aromatic rings. The first kappa shape index (κ1) is 19.4. The number of Topliss-reactive ketones (excluding diaryl/α,β-unsaturated/α-hetero) is 1. The standard InChI is InChI=1S/C24H26N2O3/c1-29-21-4-2-3-18(16-21)17-9-12-26(13-10-17)14-11-23(27)20-5-7-22-19(15-20)6-8-24(28)25-22/h2-5,7,9,15-16H,6,8,10-14H2,1H3,(H,25,28). The van der Waals surface area contributed by atoms with Gasteiger partial charge >= 0.3 is 0 Å². The van der Waals surface area contributed by atoms with Crippen LogP contribution in [0, 0.1) is 0 Å². The Labute approximate surface area is 171 Å². The molecule has 4 rings (SSSR count). The number of hydrogen-bond acceptors (Lipinski definition) is 4. The Morgan fingerprint density at radius 3 is 2.83 bits per heavy atom. The van der Waals surface area contributed by atoms with E-state index in [1.165, 1.54) is 11.1 Å². The van der Waals surface area contributed by atoms with Crippen molar-refractivity contribution < 1.29 is 14.3 Å². The fourth-order valence-corrected chi connectivity index (χ4v) is 3.96. The topological polar surface area (TPSA) is 58.6 Å². The van der Waals surface area contributed by atoms with Crippen LogP contribution >= 0.6 is 0 Å². The first-order chi connectivity index (χ1) is 14.1. The number of nitrogens with one attached hydrogen (secondary N) is 1. The zero-order valence-electron chi connectivity index (χ0n) is 16.7. The number of nitrogens with zero attached hydrogens (tertiary/aromatic N) is 1. The molecule has 0 atom stereocenters. The average molecular weight is 390 g/mol. The van der Waals surface area contributed by atoms with Crippen LogP contribution in [-0.4, -0.2) is 43.3 Å². The van der Waals surface area contributed by atoms with E-state index in [1.807, 2.05) is 30.3 Å². The predicted molar refractivity (Wildman–Crippen MR) is 114 cm³/mol. The number of amides is 1. The molecule has 0 spiro atoms. The van der Waals surface area contributed by atoms with Crippen molar-refractivity contribution in [2.45, 2.75) is 25.7 Å². The maximum absolute atomic E-state index is 12.7. The Hall–Kier alpha value is -2.92. The lowest BCUT2D eigenvalue weighted by Crippen LogP contribution is -2.30. The SMILES string of the molecule is COc1cccc(C2=CCN(CCC(=O)c3ccc4c(c3)CCC(=O)N4)CC2)c1. The van der Waals surface area contributed by atoms with E-state index in [-0.39, 0.29) is 11.7 Å². The smallest absolute Gasteiger partial charge is 0.224 e. The second-order valence-corrected chi connectivity index (χ2v) is 7.61. The molecule has 1 amide bonds. The molecule has 0 unspecified atom stereocenters. The van der Waals surface area contributed by atoms with E-state index in [0.29, 0.717) is 19.3 Å². The third-order valence-corrected chi connectivity index (χ3v) is 5.71. The summed E-state index contributed by atoms with van der Waals surface area (Å²) in [5, 5.41) is 2.86. The van der Waals surface area contributed by atoms with Crippen LogP contribution in [0.4, 0.5) is 5.69 Å². The highest BCUT2D eigenvalue weighted by atomic mass is 16.5. The van der Waals surface area contributed by atoms with Crippen molar-refractivity contribution in [3.63, 3.8) is 0 Å². The molecule has 150 valence electrons. The third kappa shape index (κ3) is 4.57. The van der Waals surface area contributed by atoms with Crippen LogP contribution in [0.15, 0.2) is 48.5 Å². The van der Waals surface area contributed by atoms with Gasteiger partial charge in [0.15, 0.2) is 5.78 Å². The number of carbonyl (C=O) groups excluding carboxylic acids is 2. The fourth-order valence-electron chi connectivity index (χ4n) is 3.96. The van der Waals surface area contributed by atoms with Crippen molar-refractivity contribution in [1.29, 1.82) is 0 Å². The number of carbonyl (C=O) groups is 2. The molecule has 2 aromatic carbocycles. The molecule has 29 heavy (non-hydrogen) atoms. The largest absolute Gasteiger partial charge is 0.497 e. The van der Waals surface area contributed by atoms with E-state index in [2.05, 4.69) is 28.4 Å². The molecule has 2 aliphatic heterocycles. The van der Waals surface area contributed by atoms with Gasteiger partial charge in [0, 0.05) is 43.7 Å². The van der Waals surface area contributed by atoms with E-state index in [4.69, 9.17) is 4.74 Å². The van der Waals surface area contributed by atoms with Crippen molar-refractivity contribution >= 4 is 23.0 Å². The van der Waals surface area contributed by atoms with Gasteiger partial charge in [0.1, 0.15) is 5.75 Å². The molecule has 0 radical (unpaired) electrons. The summed E-state index contributed by atoms with van der Waals surface area (Å²) in [6.07, 6.45) is 4.92. The van der Waals surface area contributed by atoms with Crippen LogP contribution in [0.5, 0.6) is 5.75 Å². The molecule has 5 heteroatoms. The highest BCUT2D eigenvalue weighted by molar-refractivity contribution is 5.99. The van der Waals surface area contributed by atoms with Gasteiger partial charge in [0.05, 0.1) is 7.11 Å². The normalized spacial score (nSPS) is 16.6. The number of ketones is 1. The maximum Gasteiger partial charge on any atom is 0.224 e. The minimum absolute atomic E-state index is 0.0445. The number of fused-ring (bicyclic) bond motifs is 1. The Kier molecular flexibility index (Phi) is 5.76. The zero-order chi connectivity index (χ0) is 20.2. The Morgan fingerprint density at radius 1 is 1.14 bits per heavy atom. The van der Waals surface area contributed by atoms with Crippen LogP contribution in [0.3, 0.4) is 0 Å². The van der Waals surface area contributed by atoms with Crippen LogP contribution in [0.1, 0.15) is 40.7 Å². The second-order valence-electron chi connectivity index (χ2n) is 7.61. The fraction of sp³-hybridized carbons (Fsp3) is 0.333. The van der Waals surface area contributed by atoms with Gasteiger partial charge in [-0.2, -0.15) is 0 Å². The van der Waals surface area contributed by atoms with Crippen LogP contribution < -0.4 is 10.1 Å². The van der Waals surface area contributed by atoms with Gasteiger partial charge in [-0.05, 0) is 59.9 Å². The van der Waals surface area contributed by atoms with Crippen LogP contribution in [0.2, 0.25) is 0 Å². The molecular weight excluding hydrogens is 364 g/mol. The quantitative estimate of drug-likeness (QED) is 0.759. The van der Waals surface area contributed by atoms with Crippen molar-refractivity contribution in [2.24, 2.45) is 0 Å². The lowest BCUT2D eigenvalue weighted by Gasteiger charge is -2.26. The predicted octanol–water partition coefficient (Wildman–Crippen LogP) is 3.94. The summed E-state index contributed by atoms with van der Waals surface area (Å²) in [6.45, 7) is 2.57. The summed E-state index contributed by atoms with van der Waals surface area (Å²) in [7, 11) is 1.69. The van der Waals surface area contributed by atoms with Crippen molar-refractivity contribution in [3.8, 4) is 5.75 Å². The molecule has 0 aromatic heterocycles. The first-order valence-electron chi connectivity index (χ1n) is 10.1. The number of methoxy groups -OCH3 is 1. The third-order valence-electron chi connectivity index (χ3n) is 5.71. The second kappa shape index (κ2) is 8.62. The summed E-state index contributed by atoms with van der Waals surface area (Å²) in [6, 6.07) is 13.8. The molecule has 0 fully saturated rings. The molecular formula is C24H26N2O3. The molecule has 0 saturated carbocycles. The highest BCUT2D eigenvalue weighted by Crippen LogP contribution is 2.26. The summed E-state index contributed by atoms with van der Waals surface area (Å²) >= 11 is 0. The summed E-state index contributed by atoms with van der Waals surface area (Å²) < 4.78 is 5.32. The number of aryl methyl sites for hydroxylation is 1. The van der Waals surface area contributed by atoms with E-state index >= 15 is 0 Å². The Bertz CT molecular complexity index is 964. The van der Waals surface area contributed by atoms with Gasteiger partial charge in [-0.25, -0.2) is 0 Å². The zero-order valence-corrected chi connectivity index (χ0v) is 16.7. The molecule has 0 bridgehead atoms. The first-order valence-corrected chi connectivity index (χ1v) is 10.1. The van der Waals surface area contributed by atoms with Gasteiger partial charge in [-0.15, -0.1) is 0 Å². The van der Waals surface area contributed by atoms with E-state index < -0.39 is 0 Å². The highest BCUT2D eigenvalue weighted by Gasteiger charge is 2.18. The number of anilines is 1. The van der Waals surface area contributed by atoms with Gasteiger partial charge in [0.2, 0.25) is 5.91 Å². The van der Waals surface area contributed by atoms with Gasteiger partial charge in [-0.1, -0.05) is 18.2 Å². The van der Waals surface area contributed by atoms with Crippen LogP contribution in [-0.2, 0) is 11.2 Å². The average Bonchev–Trinajstić information content (AvgIpc) is 2.77. The van der Waals surface area contributed by atoms with Gasteiger partial charge in [-0.3, -0.25) is 14.5 Å². The van der Waals surface area contributed by atoms with E-state index in [1.54, 1.807) is 7.11 Å². The number of benzene rings is 2.